The Morgan fingerprint density at radius 3 is 2.10 bits per heavy atom. The zero-order valence-electron chi connectivity index (χ0n) is 19.3. The zero-order chi connectivity index (χ0) is 22.0. The minimum atomic E-state index is 0.0735. The van der Waals surface area contributed by atoms with E-state index < -0.39 is 0 Å². The predicted octanol–water partition coefficient (Wildman–Crippen LogP) is 3.29. The fourth-order valence-corrected chi connectivity index (χ4v) is 2.64. The van der Waals surface area contributed by atoms with Gasteiger partial charge in [-0.3, -0.25) is 9.48 Å². The lowest BCUT2D eigenvalue weighted by molar-refractivity contribution is -0.123. The first-order chi connectivity index (χ1) is 14.5. The Labute approximate surface area is 181 Å². The van der Waals surface area contributed by atoms with Crippen molar-refractivity contribution in [3.8, 4) is 0 Å². The summed E-state index contributed by atoms with van der Waals surface area (Å²) in [5.74, 6) is 1.06. The van der Waals surface area contributed by atoms with Crippen LogP contribution in [0.5, 0.6) is 0 Å². The molecule has 0 bridgehead atoms. The number of ketones is 1. The molecule has 0 amide bonds. The van der Waals surface area contributed by atoms with Gasteiger partial charge in [0.15, 0.2) is 0 Å². The normalized spacial score (nSPS) is 11.7. The molecule has 1 aromatic rings. The molecule has 0 unspecified atom stereocenters. The number of ether oxygens (including phenoxy) is 4. The lowest BCUT2D eigenvalue weighted by Gasteiger charge is -2.07. The molecule has 0 aliphatic heterocycles. The molecule has 0 fully saturated rings. The van der Waals surface area contributed by atoms with Crippen LogP contribution in [-0.4, -0.2) is 67.0 Å². The van der Waals surface area contributed by atoms with Gasteiger partial charge in [0.2, 0.25) is 0 Å². The molecule has 0 radical (unpaired) electrons. The molecular weight excluding hydrogens is 386 g/mol. The average molecular weight is 428 g/mol. The maximum atomic E-state index is 11.4. The first-order valence-electron chi connectivity index (χ1n) is 11.2. The van der Waals surface area contributed by atoms with Crippen molar-refractivity contribution in [2.45, 2.75) is 66.5 Å². The van der Waals surface area contributed by atoms with Crippen molar-refractivity contribution in [3.63, 3.8) is 0 Å². The van der Waals surface area contributed by atoms with E-state index in [0.717, 1.165) is 24.6 Å². The van der Waals surface area contributed by atoms with E-state index in [4.69, 9.17) is 18.9 Å². The van der Waals surface area contributed by atoms with Crippen molar-refractivity contribution < 1.29 is 23.7 Å². The Kier molecular flexibility index (Phi) is 15.4. The number of nitrogens with zero attached hydrogens (tertiary/aromatic N) is 3. The van der Waals surface area contributed by atoms with Crippen LogP contribution in [0.2, 0.25) is 0 Å². The summed E-state index contributed by atoms with van der Waals surface area (Å²) < 4.78 is 23.7. The molecule has 1 heterocycles. The van der Waals surface area contributed by atoms with Crippen LogP contribution in [0.3, 0.4) is 0 Å². The van der Waals surface area contributed by atoms with E-state index in [0.29, 0.717) is 59.3 Å². The van der Waals surface area contributed by atoms with Gasteiger partial charge >= 0.3 is 0 Å². The van der Waals surface area contributed by atoms with E-state index in [1.54, 1.807) is 0 Å². The number of hydrogen-bond donors (Lipinski definition) is 0. The first kappa shape index (κ1) is 26.7. The zero-order valence-corrected chi connectivity index (χ0v) is 19.3. The third-order valence-corrected chi connectivity index (χ3v) is 4.51. The van der Waals surface area contributed by atoms with Crippen LogP contribution < -0.4 is 0 Å². The molecule has 0 saturated carbocycles. The van der Waals surface area contributed by atoms with Crippen molar-refractivity contribution in [1.82, 2.24) is 15.0 Å². The van der Waals surface area contributed by atoms with Crippen LogP contribution in [0, 0.1) is 11.8 Å². The summed E-state index contributed by atoms with van der Waals surface area (Å²) in [5.41, 5.74) is 0.845. The van der Waals surface area contributed by atoms with E-state index in [1.165, 1.54) is 12.8 Å². The number of aromatic nitrogens is 3. The summed E-state index contributed by atoms with van der Waals surface area (Å²) in [5, 5.41) is 8.27. The fourth-order valence-electron chi connectivity index (χ4n) is 2.64. The van der Waals surface area contributed by atoms with Gasteiger partial charge in [-0.1, -0.05) is 45.7 Å². The smallest absolute Gasteiger partial charge is 0.137 e. The second kappa shape index (κ2) is 17.3. The minimum absolute atomic E-state index is 0.0735. The van der Waals surface area contributed by atoms with Gasteiger partial charge in [-0.25, -0.2) is 0 Å². The molecule has 1 aromatic heterocycles. The highest BCUT2D eigenvalue weighted by Gasteiger charge is 2.06. The molecule has 0 saturated heterocycles. The Morgan fingerprint density at radius 1 is 0.900 bits per heavy atom. The van der Waals surface area contributed by atoms with Crippen molar-refractivity contribution in [2.24, 2.45) is 11.8 Å². The lowest BCUT2D eigenvalue weighted by Crippen LogP contribution is -2.14. The Balaban J connectivity index is 1.86. The number of unbranched alkanes of at least 4 members (excludes halogenated alkanes) is 1. The second-order valence-electron chi connectivity index (χ2n) is 8.12. The van der Waals surface area contributed by atoms with Crippen LogP contribution in [0.25, 0.3) is 0 Å². The third kappa shape index (κ3) is 14.6. The van der Waals surface area contributed by atoms with Crippen LogP contribution in [0.4, 0.5) is 0 Å². The molecule has 8 heteroatoms. The minimum Gasteiger partial charge on any atom is -0.379 e. The monoisotopic (exact) mass is 427 g/mol. The molecule has 0 spiro atoms. The summed E-state index contributed by atoms with van der Waals surface area (Å²) in [6.07, 6.45) is 6.02. The molecule has 0 aromatic carbocycles. The Bertz CT molecular complexity index is 549. The Morgan fingerprint density at radius 2 is 1.50 bits per heavy atom. The number of aryl methyl sites for hydroxylation is 1. The molecule has 0 atom stereocenters. The van der Waals surface area contributed by atoms with Crippen LogP contribution in [0.15, 0.2) is 6.20 Å². The molecule has 174 valence electrons. The van der Waals surface area contributed by atoms with E-state index in [9.17, 15) is 4.79 Å². The number of rotatable bonds is 20. The van der Waals surface area contributed by atoms with Gasteiger partial charge in [0.05, 0.1) is 59.1 Å². The van der Waals surface area contributed by atoms with E-state index >= 15 is 0 Å². The first-order valence-corrected chi connectivity index (χ1v) is 11.2. The van der Waals surface area contributed by atoms with Gasteiger partial charge in [-0.2, -0.15) is 0 Å². The van der Waals surface area contributed by atoms with Crippen molar-refractivity contribution >= 4 is 5.78 Å². The molecular formula is C22H41N3O5. The maximum Gasteiger partial charge on any atom is 0.137 e. The molecule has 1 rings (SSSR count). The van der Waals surface area contributed by atoms with Gasteiger partial charge in [0.1, 0.15) is 11.5 Å². The maximum absolute atomic E-state index is 11.4. The summed E-state index contributed by atoms with van der Waals surface area (Å²) in [6.45, 7) is 13.2. The summed E-state index contributed by atoms with van der Waals surface area (Å²) in [7, 11) is 0. The van der Waals surface area contributed by atoms with Crippen LogP contribution in [0.1, 0.15) is 59.1 Å². The van der Waals surface area contributed by atoms with E-state index in [2.05, 4.69) is 24.2 Å². The standard InChI is InChI=1S/C22H41N3O5/c1-19(2)7-5-6-9-25-17-21(23-24-25)18-30-16-15-29-14-13-28-12-11-27-10-8-22(26)20(3)4/h17,19-20H,5-16,18H2,1-4H3. The van der Waals surface area contributed by atoms with E-state index in [1.807, 2.05) is 24.7 Å². The summed E-state index contributed by atoms with van der Waals surface area (Å²) >= 11 is 0. The Hall–Kier alpha value is -1.35. The number of hydrogen-bond acceptors (Lipinski definition) is 7. The fraction of sp³-hybridized carbons (Fsp3) is 0.864. The van der Waals surface area contributed by atoms with Gasteiger partial charge in [-0.15, -0.1) is 5.10 Å². The van der Waals surface area contributed by atoms with Gasteiger partial charge in [0.25, 0.3) is 0 Å². The van der Waals surface area contributed by atoms with Crippen LogP contribution >= 0.6 is 0 Å². The largest absolute Gasteiger partial charge is 0.379 e. The van der Waals surface area contributed by atoms with Gasteiger partial charge in [-0.05, 0) is 12.3 Å². The molecule has 0 N–H and O–H groups in total. The average Bonchev–Trinajstić information content (AvgIpc) is 3.16. The molecule has 30 heavy (non-hydrogen) atoms. The highest BCUT2D eigenvalue weighted by atomic mass is 16.6. The summed E-state index contributed by atoms with van der Waals surface area (Å²) in [4.78, 5) is 11.4. The van der Waals surface area contributed by atoms with Crippen molar-refractivity contribution in [3.05, 3.63) is 11.9 Å². The lowest BCUT2D eigenvalue weighted by atomic mass is 10.1. The quantitative estimate of drug-likeness (QED) is 0.295. The number of carbonyl (C=O) groups is 1. The second-order valence-corrected chi connectivity index (χ2v) is 8.12. The van der Waals surface area contributed by atoms with Gasteiger partial charge < -0.3 is 18.9 Å². The SMILES string of the molecule is CC(C)CCCCn1cc(COCCOCCOCCOCCC(=O)C(C)C)nn1. The molecule has 0 aliphatic rings. The summed E-state index contributed by atoms with van der Waals surface area (Å²) in [6, 6.07) is 0. The highest BCUT2D eigenvalue weighted by Crippen LogP contribution is 2.07. The topological polar surface area (TPSA) is 84.7 Å². The number of carbonyl (C=O) groups excluding carboxylic acids is 1. The molecule has 8 nitrogen and oxygen atoms in total. The van der Waals surface area contributed by atoms with E-state index in [-0.39, 0.29) is 11.7 Å². The predicted molar refractivity (Wildman–Crippen MR) is 115 cm³/mol. The number of Topliss-reactive ketones (excluding diaryl/α,β-unsaturated/α-hetero) is 1. The third-order valence-electron chi connectivity index (χ3n) is 4.51. The van der Waals surface area contributed by atoms with Gasteiger partial charge in [0, 0.05) is 18.9 Å². The molecule has 0 aliphatic carbocycles. The van der Waals surface area contributed by atoms with Crippen molar-refractivity contribution in [1.29, 1.82) is 0 Å². The van der Waals surface area contributed by atoms with Crippen LogP contribution in [-0.2, 0) is 36.9 Å². The highest BCUT2D eigenvalue weighted by molar-refractivity contribution is 5.80. The van der Waals surface area contributed by atoms with Crippen molar-refractivity contribution in [2.75, 3.05) is 46.2 Å².